The van der Waals surface area contributed by atoms with Crippen LogP contribution in [0.1, 0.15) is 51.4 Å². The van der Waals surface area contributed by atoms with Crippen molar-refractivity contribution in [3.63, 3.8) is 0 Å². The quantitative estimate of drug-likeness (QED) is 0.714. The Hall–Kier alpha value is -0.530. The van der Waals surface area contributed by atoms with Crippen molar-refractivity contribution in [3.05, 3.63) is 0 Å². The van der Waals surface area contributed by atoms with Gasteiger partial charge in [0, 0.05) is 12.1 Å². The molecule has 1 heterocycles. The highest BCUT2D eigenvalue weighted by atomic mass is 15.3. The number of hydrogen-bond donors (Lipinski definition) is 1. The summed E-state index contributed by atoms with van der Waals surface area (Å²) in [4.78, 5) is 0. The molecule has 3 aliphatic rings. The Morgan fingerprint density at radius 2 is 1.79 bits per heavy atom. The summed E-state index contributed by atoms with van der Waals surface area (Å²) in [7, 11) is 0. The van der Waals surface area contributed by atoms with Crippen LogP contribution in [0.25, 0.3) is 0 Å². The Balaban J connectivity index is 1.55. The van der Waals surface area contributed by atoms with E-state index in [1.807, 2.05) is 0 Å². The highest BCUT2D eigenvalue weighted by Crippen LogP contribution is 2.36. The lowest BCUT2D eigenvalue weighted by atomic mass is 9.82. The van der Waals surface area contributed by atoms with Gasteiger partial charge in [0.1, 0.15) is 0 Å². The average molecular weight is 192 g/mol. The summed E-state index contributed by atoms with van der Waals surface area (Å²) < 4.78 is 0. The van der Waals surface area contributed by atoms with Crippen molar-refractivity contribution in [2.24, 2.45) is 16.9 Å². The van der Waals surface area contributed by atoms with Crippen LogP contribution in [0.2, 0.25) is 0 Å². The summed E-state index contributed by atoms with van der Waals surface area (Å²) in [6.07, 6.45) is 11.3. The first-order chi connectivity index (χ1) is 6.93. The van der Waals surface area contributed by atoms with Gasteiger partial charge < -0.3 is 5.43 Å². The monoisotopic (exact) mass is 192 g/mol. The molecule has 0 spiro atoms. The normalized spacial score (nSPS) is 34.0. The molecule has 2 nitrogen and oxygen atoms in total. The van der Waals surface area contributed by atoms with Gasteiger partial charge in [0.05, 0.1) is 6.04 Å². The fourth-order valence-electron chi connectivity index (χ4n) is 2.97. The summed E-state index contributed by atoms with van der Waals surface area (Å²) in [5.74, 6) is 1.79. The van der Waals surface area contributed by atoms with Crippen molar-refractivity contribution in [2.75, 3.05) is 0 Å². The minimum atomic E-state index is 0.700. The van der Waals surface area contributed by atoms with Gasteiger partial charge >= 0.3 is 0 Å². The van der Waals surface area contributed by atoms with E-state index in [2.05, 4.69) is 10.5 Å². The van der Waals surface area contributed by atoms with Gasteiger partial charge in [-0.15, -0.1) is 0 Å². The van der Waals surface area contributed by atoms with Crippen molar-refractivity contribution in [1.82, 2.24) is 5.43 Å². The van der Waals surface area contributed by atoms with E-state index < -0.39 is 0 Å². The van der Waals surface area contributed by atoms with Gasteiger partial charge in [-0.1, -0.05) is 19.3 Å². The molecule has 1 atom stereocenters. The van der Waals surface area contributed by atoms with Crippen molar-refractivity contribution in [1.29, 1.82) is 0 Å². The van der Waals surface area contributed by atoms with Crippen molar-refractivity contribution < 1.29 is 0 Å². The molecular formula is C12H20N2. The lowest BCUT2D eigenvalue weighted by Gasteiger charge is -2.26. The predicted molar refractivity (Wildman–Crippen MR) is 58.3 cm³/mol. The van der Waals surface area contributed by atoms with E-state index in [1.165, 1.54) is 57.1 Å². The summed E-state index contributed by atoms with van der Waals surface area (Å²) in [5.41, 5.74) is 4.87. The highest BCUT2D eigenvalue weighted by molar-refractivity contribution is 5.90. The minimum absolute atomic E-state index is 0.700. The van der Waals surface area contributed by atoms with Crippen LogP contribution in [0.3, 0.4) is 0 Å². The lowest BCUT2D eigenvalue weighted by molar-refractivity contribution is 0.285. The van der Waals surface area contributed by atoms with Gasteiger partial charge in [-0.2, -0.15) is 5.10 Å². The van der Waals surface area contributed by atoms with Gasteiger partial charge in [-0.25, -0.2) is 0 Å². The van der Waals surface area contributed by atoms with E-state index in [9.17, 15) is 0 Å². The number of rotatable bonds is 2. The summed E-state index contributed by atoms with van der Waals surface area (Å²) >= 11 is 0. The molecule has 0 bridgehead atoms. The van der Waals surface area contributed by atoms with Gasteiger partial charge in [0.15, 0.2) is 0 Å². The molecule has 0 saturated heterocycles. The minimum Gasteiger partial charge on any atom is -0.306 e. The first-order valence-corrected chi connectivity index (χ1v) is 6.25. The molecule has 2 fully saturated rings. The molecule has 2 aliphatic carbocycles. The SMILES string of the molecule is C1CCC(C2CC(C3CC3)=NN2)CC1. The molecule has 1 aliphatic heterocycles. The number of nitrogens with one attached hydrogen (secondary N) is 1. The first kappa shape index (κ1) is 8.75. The van der Waals surface area contributed by atoms with Crippen LogP contribution < -0.4 is 5.43 Å². The van der Waals surface area contributed by atoms with Crippen LogP contribution in [0.15, 0.2) is 5.10 Å². The molecule has 0 aromatic rings. The third kappa shape index (κ3) is 1.67. The van der Waals surface area contributed by atoms with Gasteiger partial charge in [-0.3, -0.25) is 0 Å². The van der Waals surface area contributed by atoms with E-state index in [4.69, 9.17) is 0 Å². The fraction of sp³-hybridized carbons (Fsp3) is 0.917. The smallest absolute Gasteiger partial charge is 0.0521 e. The van der Waals surface area contributed by atoms with E-state index in [0.29, 0.717) is 6.04 Å². The molecule has 2 heteroatoms. The second kappa shape index (κ2) is 3.56. The Morgan fingerprint density at radius 3 is 2.50 bits per heavy atom. The molecule has 1 N–H and O–H groups in total. The second-order valence-electron chi connectivity index (χ2n) is 5.22. The number of hydrogen-bond acceptors (Lipinski definition) is 2. The number of nitrogens with zero attached hydrogens (tertiary/aromatic N) is 1. The predicted octanol–water partition coefficient (Wildman–Crippen LogP) is 2.69. The standard InChI is InChI=1S/C12H20N2/c1-2-4-9(5-3-1)11-8-12(14-13-11)10-6-7-10/h9-11,13H,1-8H2. The van der Waals surface area contributed by atoms with Crippen LogP contribution in [0.5, 0.6) is 0 Å². The molecular weight excluding hydrogens is 172 g/mol. The van der Waals surface area contributed by atoms with Crippen molar-refractivity contribution >= 4 is 5.71 Å². The Morgan fingerprint density at radius 1 is 1.00 bits per heavy atom. The fourth-order valence-corrected chi connectivity index (χ4v) is 2.97. The molecule has 0 aromatic heterocycles. The molecule has 3 rings (SSSR count). The summed E-state index contributed by atoms with van der Waals surface area (Å²) in [6, 6.07) is 0.700. The molecule has 0 aromatic carbocycles. The Bertz CT molecular complexity index is 237. The Kier molecular flexibility index (Phi) is 2.22. The average Bonchev–Trinajstić information content (AvgIpc) is 2.98. The van der Waals surface area contributed by atoms with Crippen LogP contribution in [0.4, 0.5) is 0 Å². The van der Waals surface area contributed by atoms with Crippen LogP contribution >= 0.6 is 0 Å². The van der Waals surface area contributed by atoms with Gasteiger partial charge in [0.2, 0.25) is 0 Å². The van der Waals surface area contributed by atoms with Gasteiger partial charge in [0.25, 0.3) is 0 Å². The van der Waals surface area contributed by atoms with Crippen molar-refractivity contribution in [2.45, 2.75) is 57.4 Å². The van der Waals surface area contributed by atoms with E-state index >= 15 is 0 Å². The zero-order valence-corrected chi connectivity index (χ0v) is 8.84. The third-order valence-electron chi connectivity index (χ3n) is 4.07. The second-order valence-corrected chi connectivity index (χ2v) is 5.22. The van der Waals surface area contributed by atoms with Crippen LogP contribution in [0, 0.1) is 11.8 Å². The third-order valence-corrected chi connectivity index (χ3v) is 4.07. The largest absolute Gasteiger partial charge is 0.306 e. The molecule has 0 radical (unpaired) electrons. The maximum absolute atomic E-state index is 4.52. The molecule has 2 saturated carbocycles. The summed E-state index contributed by atoms with van der Waals surface area (Å²) in [5, 5.41) is 4.52. The van der Waals surface area contributed by atoms with Crippen molar-refractivity contribution in [3.8, 4) is 0 Å². The maximum atomic E-state index is 4.52. The van der Waals surface area contributed by atoms with E-state index in [0.717, 1.165) is 11.8 Å². The zero-order valence-electron chi connectivity index (χ0n) is 8.84. The zero-order chi connectivity index (χ0) is 9.38. The van der Waals surface area contributed by atoms with Crippen LogP contribution in [-0.4, -0.2) is 11.8 Å². The van der Waals surface area contributed by atoms with E-state index in [-0.39, 0.29) is 0 Å². The van der Waals surface area contributed by atoms with Crippen LogP contribution in [-0.2, 0) is 0 Å². The molecule has 0 amide bonds. The maximum Gasteiger partial charge on any atom is 0.0521 e. The summed E-state index contributed by atoms with van der Waals surface area (Å²) in [6.45, 7) is 0. The molecule has 78 valence electrons. The van der Waals surface area contributed by atoms with Gasteiger partial charge in [-0.05, 0) is 37.5 Å². The first-order valence-electron chi connectivity index (χ1n) is 6.25. The highest BCUT2D eigenvalue weighted by Gasteiger charge is 2.35. The molecule has 14 heavy (non-hydrogen) atoms. The Labute approximate surface area is 86.2 Å². The lowest BCUT2D eigenvalue weighted by Crippen LogP contribution is -2.31. The van der Waals surface area contributed by atoms with E-state index in [1.54, 1.807) is 0 Å². The topological polar surface area (TPSA) is 24.4 Å². The number of hydrazone groups is 1. The molecule has 1 unspecified atom stereocenters.